The predicted octanol–water partition coefficient (Wildman–Crippen LogP) is 3.38. The van der Waals surface area contributed by atoms with Crippen LogP contribution in [-0.4, -0.2) is 17.0 Å². The van der Waals surface area contributed by atoms with Gasteiger partial charge in [0.15, 0.2) is 0 Å². The smallest absolute Gasteiger partial charge is 0.267 e. The van der Waals surface area contributed by atoms with E-state index < -0.39 is 28.3 Å². The SMILES string of the molecule is O=C(NN=Cc1ccccc1C(F)(F)F)c1ccccc1[N+](=O)[O-]. The first-order valence-electron chi connectivity index (χ1n) is 6.54. The molecule has 1 amide bonds. The topological polar surface area (TPSA) is 84.6 Å². The van der Waals surface area contributed by atoms with Gasteiger partial charge in [0.2, 0.25) is 0 Å². The van der Waals surface area contributed by atoms with Gasteiger partial charge in [0, 0.05) is 11.6 Å². The zero-order valence-electron chi connectivity index (χ0n) is 11.9. The average Bonchev–Trinajstić information content (AvgIpc) is 2.54. The summed E-state index contributed by atoms with van der Waals surface area (Å²) in [5.74, 6) is -0.900. The molecule has 6 nitrogen and oxygen atoms in total. The summed E-state index contributed by atoms with van der Waals surface area (Å²) in [5.41, 5.74) is 0.152. The fraction of sp³-hybridized carbons (Fsp3) is 0.0667. The van der Waals surface area contributed by atoms with Gasteiger partial charge in [-0.05, 0) is 12.1 Å². The molecule has 0 fully saturated rings. The lowest BCUT2D eigenvalue weighted by Crippen LogP contribution is -2.19. The summed E-state index contributed by atoms with van der Waals surface area (Å²) < 4.78 is 38.5. The Hall–Kier alpha value is -3.23. The van der Waals surface area contributed by atoms with Crippen LogP contribution in [-0.2, 0) is 6.18 Å². The van der Waals surface area contributed by atoms with E-state index in [2.05, 4.69) is 5.10 Å². The van der Waals surface area contributed by atoms with Crippen LogP contribution >= 0.6 is 0 Å². The van der Waals surface area contributed by atoms with E-state index in [0.29, 0.717) is 0 Å². The van der Waals surface area contributed by atoms with Crippen LogP contribution in [0.3, 0.4) is 0 Å². The van der Waals surface area contributed by atoms with E-state index in [4.69, 9.17) is 0 Å². The minimum Gasteiger partial charge on any atom is -0.267 e. The van der Waals surface area contributed by atoms with Gasteiger partial charge in [0.25, 0.3) is 11.6 Å². The second-order valence-electron chi connectivity index (χ2n) is 4.56. The maximum Gasteiger partial charge on any atom is 0.417 e. The fourth-order valence-electron chi connectivity index (χ4n) is 1.91. The van der Waals surface area contributed by atoms with Crippen LogP contribution < -0.4 is 5.43 Å². The second-order valence-corrected chi connectivity index (χ2v) is 4.56. The van der Waals surface area contributed by atoms with E-state index in [9.17, 15) is 28.1 Å². The molecular formula is C15H10F3N3O3. The van der Waals surface area contributed by atoms with Crippen molar-refractivity contribution in [3.63, 3.8) is 0 Å². The van der Waals surface area contributed by atoms with Crippen molar-refractivity contribution in [3.8, 4) is 0 Å². The molecule has 2 rings (SSSR count). The highest BCUT2D eigenvalue weighted by molar-refractivity contribution is 5.98. The second kappa shape index (κ2) is 6.90. The van der Waals surface area contributed by atoms with E-state index in [1.807, 2.05) is 5.43 Å². The van der Waals surface area contributed by atoms with Gasteiger partial charge >= 0.3 is 6.18 Å². The van der Waals surface area contributed by atoms with Crippen molar-refractivity contribution in [2.75, 3.05) is 0 Å². The Labute approximate surface area is 133 Å². The van der Waals surface area contributed by atoms with Crippen LogP contribution in [0.2, 0.25) is 0 Å². The number of benzene rings is 2. The first-order chi connectivity index (χ1) is 11.3. The van der Waals surface area contributed by atoms with Crippen molar-refractivity contribution in [2.45, 2.75) is 6.18 Å². The number of hydrogen-bond acceptors (Lipinski definition) is 4. The van der Waals surface area contributed by atoms with Gasteiger partial charge in [-0.25, -0.2) is 5.43 Å². The third-order valence-electron chi connectivity index (χ3n) is 2.98. The number of carbonyl (C=O) groups is 1. The van der Waals surface area contributed by atoms with E-state index in [-0.39, 0.29) is 11.1 Å². The van der Waals surface area contributed by atoms with Crippen LogP contribution in [0.15, 0.2) is 53.6 Å². The van der Waals surface area contributed by atoms with Crippen molar-refractivity contribution in [3.05, 3.63) is 75.3 Å². The molecule has 0 heterocycles. The Kier molecular flexibility index (Phi) is 4.93. The van der Waals surface area contributed by atoms with Crippen LogP contribution in [0.25, 0.3) is 0 Å². The number of alkyl halides is 3. The maximum atomic E-state index is 12.8. The van der Waals surface area contributed by atoms with Gasteiger partial charge in [0.1, 0.15) is 5.56 Å². The summed E-state index contributed by atoms with van der Waals surface area (Å²) in [4.78, 5) is 22.0. The normalized spacial score (nSPS) is 11.5. The molecule has 0 radical (unpaired) electrons. The number of nitro benzene ring substituents is 1. The zero-order chi connectivity index (χ0) is 17.7. The van der Waals surface area contributed by atoms with Crippen molar-refractivity contribution >= 4 is 17.8 Å². The third kappa shape index (κ3) is 3.94. The summed E-state index contributed by atoms with van der Waals surface area (Å²) in [5, 5.41) is 14.3. The van der Waals surface area contributed by atoms with E-state index in [1.165, 1.54) is 36.4 Å². The first kappa shape index (κ1) is 17.1. The van der Waals surface area contributed by atoms with Crippen molar-refractivity contribution < 1.29 is 22.9 Å². The van der Waals surface area contributed by atoms with Crippen LogP contribution in [0.4, 0.5) is 18.9 Å². The summed E-state index contributed by atoms with van der Waals surface area (Å²) in [7, 11) is 0. The van der Waals surface area contributed by atoms with Gasteiger partial charge in [0.05, 0.1) is 16.7 Å². The molecule has 0 saturated heterocycles. The Balaban J connectivity index is 2.19. The van der Waals surface area contributed by atoms with Crippen LogP contribution in [0.1, 0.15) is 21.5 Å². The number of halogens is 3. The lowest BCUT2D eigenvalue weighted by atomic mass is 10.1. The molecule has 2 aromatic carbocycles. The minimum absolute atomic E-state index is 0.243. The molecule has 124 valence electrons. The number of nitrogens with zero attached hydrogens (tertiary/aromatic N) is 2. The van der Waals surface area contributed by atoms with E-state index in [0.717, 1.165) is 18.3 Å². The molecular weight excluding hydrogens is 327 g/mol. The molecule has 9 heteroatoms. The molecule has 0 aliphatic carbocycles. The number of nitro groups is 1. The lowest BCUT2D eigenvalue weighted by Gasteiger charge is -2.09. The van der Waals surface area contributed by atoms with Gasteiger partial charge in [-0.2, -0.15) is 18.3 Å². The highest BCUT2D eigenvalue weighted by Gasteiger charge is 2.32. The number of para-hydroxylation sites is 1. The molecule has 0 aliphatic heterocycles. The molecule has 0 bridgehead atoms. The molecule has 0 atom stereocenters. The highest BCUT2D eigenvalue weighted by Crippen LogP contribution is 2.31. The number of carbonyl (C=O) groups excluding carboxylic acids is 1. The molecule has 0 unspecified atom stereocenters. The quantitative estimate of drug-likeness (QED) is 0.527. The summed E-state index contributed by atoms with van der Waals surface area (Å²) in [6, 6.07) is 9.84. The van der Waals surface area contributed by atoms with Gasteiger partial charge in [-0.15, -0.1) is 0 Å². The number of nitrogens with one attached hydrogen (secondary N) is 1. The number of hydrogen-bond donors (Lipinski definition) is 1. The predicted molar refractivity (Wildman–Crippen MR) is 79.6 cm³/mol. The summed E-state index contributed by atoms with van der Waals surface area (Å²) in [6.07, 6.45) is -3.74. The Morgan fingerprint density at radius 2 is 1.75 bits per heavy atom. The third-order valence-corrected chi connectivity index (χ3v) is 2.98. The number of hydrazone groups is 1. The van der Waals surface area contributed by atoms with E-state index in [1.54, 1.807) is 0 Å². The molecule has 0 saturated carbocycles. The Bertz CT molecular complexity index is 804. The standard InChI is InChI=1S/C15H10F3N3O3/c16-15(17,18)12-7-3-1-5-10(12)9-19-20-14(22)11-6-2-4-8-13(11)21(23)24/h1-9H,(H,20,22). The lowest BCUT2D eigenvalue weighted by molar-refractivity contribution is -0.385. The van der Waals surface area contributed by atoms with Crippen LogP contribution in [0.5, 0.6) is 0 Å². The average molecular weight is 337 g/mol. The molecule has 24 heavy (non-hydrogen) atoms. The fourth-order valence-corrected chi connectivity index (χ4v) is 1.91. The van der Waals surface area contributed by atoms with Crippen molar-refractivity contribution in [1.82, 2.24) is 5.43 Å². The number of rotatable bonds is 4. The minimum atomic E-state index is -4.56. The molecule has 0 aromatic heterocycles. The first-order valence-corrected chi connectivity index (χ1v) is 6.54. The Morgan fingerprint density at radius 1 is 1.12 bits per heavy atom. The van der Waals surface area contributed by atoms with Crippen molar-refractivity contribution in [1.29, 1.82) is 0 Å². The van der Waals surface area contributed by atoms with Gasteiger partial charge in [-0.3, -0.25) is 14.9 Å². The van der Waals surface area contributed by atoms with E-state index >= 15 is 0 Å². The maximum absolute atomic E-state index is 12.8. The van der Waals surface area contributed by atoms with Crippen LogP contribution in [0, 0.1) is 10.1 Å². The molecule has 1 N–H and O–H groups in total. The Morgan fingerprint density at radius 3 is 2.42 bits per heavy atom. The molecule has 0 spiro atoms. The van der Waals surface area contributed by atoms with Gasteiger partial charge in [-0.1, -0.05) is 30.3 Å². The number of amides is 1. The van der Waals surface area contributed by atoms with Gasteiger partial charge < -0.3 is 0 Å². The molecule has 2 aromatic rings. The monoisotopic (exact) mass is 337 g/mol. The largest absolute Gasteiger partial charge is 0.417 e. The molecule has 0 aliphatic rings. The summed E-state index contributed by atoms with van der Waals surface area (Å²) in [6.45, 7) is 0. The van der Waals surface area contributed by atoms with Crippen molar-refractivity contribution in [2.24, 2.45) is 5.10 Å². The highest BCUT2D eigenvalue weighted by atomic mass is 19.4. The summed E-state index contributed by atoms with van der Waals surface area (Å²) >= 11 is 0. The zero-order valence-corrected chi connectivity index (χ0v) is 11.9.